The van der Waals surface area contributed by atoms with Crippen LogP contribution in [0.1, 0.15) is 24.2 Å². The van der Waals surface area contributed by atoms with Crippen LogP contribution in [-0.4, -0.2) is 33.4 Å². The fourth-order valence-corrected chi connectivity index (χ4v) is 5.57. The number of benzene rings is 1. The number of carboxylic acid groups (broad SMARTS) is 1. The van der Waals surface area contributed by atoms with Crippen LogP contribution in [-0.2, 0) is 21.2 Å². The molecule has 0 radical (unpaired) electrons. The van der Waals surface area contributed by atoms with Crippen molar-refractivity contribution in [3.8, 4) is 0 Å². The normalized spacial score (nSPS) is 12.0. The molecule has 4 rings (SSSR count). The second kappa shape index (κ2) is 6.99. The van der Waals surface area contributed by atoms with Crippen LogP contribution in [0.15, 0.2) is 46.8 Å². The number of hydrogen-bond donors (Lipinski definition) is 1. The molecule has 3 aromatic heterocycles. The molecule has 0 aliphatic heterocycles. The number of aromatic nitrogens is 3. The number of carbonyl (C=O) groups is 1. The van der Waals surface area contributed by atoms with Gasteiger partial charge in [0.1, 0.15) is 0 Å². The van der Waals surface area contributed by atoms with Gasteiger partial charge in [0.2, 0.25) is 0 Å². The number of nitrogens with zero attached hydrogens (tertiary/aromatic N) is 3. The highest BCUT2D eigenvalue weighted by molar-refractivity contribution is 7.90. The molecule has 9 heteroatoms. The van der Waals surface area contributed by atoms with Gasteiger partial charge < -0.3 is 5.11 Å². The van der Waals surface area contributed by atoms with Gasteiger partial charge in [-0.1, -0.05) is 0 Å². The zero-order chi connectivity index (χ0) is 19.9. The maximum absolute atomic E-state index is 13.5. The summed E-state index contributed by atoms with van der Waals surface area (Å²) in [6.45, 7) is 1.84. The molecule has 144 valence electrons. The number of fused-ring (bicyclic) bond motifs is 2. The summed E-state index contributed by atoms with van der Waals surface area (Å²) in [5.74, 6) is -0.907. The van der Waals surface area contributed by atoms with Crippen LogP contribution in [0.3, 0.4) is 0 Å². The van der Waals surface area contributed by atoms with Crippen LogP contribution in [0, 0.1) is 6.92 Å². The monoisotopic (exact) mass is 415 g/mol. The van der Waals surface area contributed by atoms with E-state index in [1.165, 1.54) is 15.3 Å². The Labute approximate surface area is 165 Å². The number of rotatable bonds is 6. The van der Waals surface area contributed by atoms with Crippen molar-refractivity contribution >= 4 is 48.6 Å². The van der Waals surface area contributed by atoms with Crippen molar-refractivity contribution in [3.05, 3.63) is 53.3 Å². The lowest BCUT2D eigenvalue weighted by Crippen LogP contribution is -2.16. The summed E-state index contributed by atoms with van der Waals surface area (Å²) >= 11 is 1.38. The summed E-state index contributed by atoms with van der Waals surface area (Å²) < 4.78 is 29.0. The summed E-state index contributed by atoms with van der Waals surface area (Å²) in [5.41, 5.74) is 4.80. The van der Waals surface area contributed by atoms with Crippen molar-refractivity contribution in [2.45, 2.75) is 31.1 Å². The first-order chi connectivity index (χ1) is 13.4. The van der Waals surface area contributed by atoms with Crippen LogP contribution in [0.25, 0.3) is 21.3 Å². The number of aryl methyl sites for hydroxylation is 2. The van der Waals surface area contributed by atoms with E-state index in [0.29, 0.717) is 29.6 Å². The minimum absolute atomic E-state index is 0.0269. The molecule has 0 saturated heterocycles. The molecule has 1 N–H and O–H groups in total. The Bertz CT molecular complexity index is 1310. The van der Waals surface area contributed by atoms with Gasteiger partial charge in [-0.3, -0.25) is 9.78 Å². The summed E-state index contributed by atoms with van der Waals surface area (Å²) in [4.78, 5) is 19.7. The Kier molecular flexibility index (Phi) is 4.64. The molecule has 0 spiro atoms. The molecule has 28 heavy (non-hydrogen) atoms. The van der Waals surface area contributed by atoms with Gasteiger partial charge in [0, 0.05) is 17.8 Å². The average Bonchev–Trinajstić information content (AvgIpc) is 3.24. The third-order valence-corrected chi connectivity index (χ3v) is 7.04. The largest absolute Gasteiger partial charge is 0.481 e. The van der Waals surface area contributed by atoms with Gasteiger partial charge >= 0.3 is 5.97 Å². The highest BCUT2D eigenvalue weighted by Crippen LogP contribution is 2.28. The van der Waals surface area contributed by atoms with Crippen molar-refractivity contribution in [2.75, 3.05) is 0 Å². The maximum Gasteiger partial charge on any atom is 0.303 e. The predicted molar refractivity (Wildman–Crippen MR) is 107 cm³/mol. The Hall–Kier alpha value is -2.78. The van der Waals surface area contributed by atoms with E-state index in [4.69, 9.17) is 5.11 Å². The molecule has 0 fully saturated rings. The van der Waals surface area contributed by atoms with E-state index >= 15 is 0 Å². The average molecular weight is 415 g/mol. The Morgan fingerprint density at radius 2 is 2.00 bits per heavy atom. The van der Waals surface area contributed by atoms with E-state index in [1.54, 1.807) is 41.9 Å². The quantitative estimate of drug-likeness (QED) is 0.516. The van der Waals surface area contributed by atoms with Crippen molar-refractivity contribution in [3.63, 3.8) is 0 Å². The molecule has 1 aromatic carbocycles. The SMILES string of the molecule is Cc1ccc2c(cc(CCCC(=O)O)n2S(=O)(=O)c2ccc3ncsc3c2)n1. The first kappa shape index (κ1) is 18.6. The number of hydrogen-bond acceptors (Lipinski definition) is 6. The summed E-state index contributed by atoms with van der Waals surface area (Å²) in [5, 5.41) is 8.91. The van der Waals surface area contributed by atoms with Gasteiger partial charge in [-0.05, 0) is 56.2 Å². The first-order valence-corrected chi connectivity index (χ1v) is 11.0. The van der Waals surface area contributed by atoms with Crippen LogP contribution in [0.4, 0.5) is 0 Å². The highest BCUT2D eigenvalue weighted by Gasteiger charge is 2.24. The lowest BCUT2D eigenvalue weighted by atomic mass is 10.2. The van der Waals surface area contributed by atoms with E-state index in [1.807, 2.05) is 6.92 Å². The van der Waals surface area contributed by atoms with E-state index in [-0.39, 0.29) is 11.3 Å². The topological polar surface area (TPSA) is 102 Å². The zero-order valence-electron chi connectivity index (χ0n) is 15.0. The lowest BCUT2D eigenvalue weighted by molar-refractivity contribution is -0.137. The van der Waals surface area contributed by atoms with Crippen molar-refractivity contribution in [1.82, 2.24) is 13.9 Å². The molecule has 3 heterocycles. The van der Waals surface area contributed by atoms with Gasteiger partial charge in [0.05, 0.1) is 31.7 Å². The molecule has 4 aromatic rings. The second-order valence-electron chi connectivity index (χ2n) is 6.49. The minimum Gasteiger partial charge on any atom is -0.481 e. The molecule has 0 aliphatic carbocycles. The van der Waals surface area contributed by atoms with E-state index < -0.39 is 16.0 Å². The third-order valence-electron chi connectivity index (χ3n) is 4.49. The Morgan fingerprint density at radius 3 is 2.79 bits per heavy atom. The molecule has 0 atom stereocenters. The summed E-state index contributed by atoms with van der Waals surface area (Å²) in [6, 6.07) is 10.1. The van der Waals surface area contributed by atoms with Crippen LogP contribution in [0.2, 0.25) is 0 Å². The Balaban J connectivity index is 1.87. The molecule has 0 unspecified atom stereocenters. The third kappa shape index (κ3) is 3.27. The van der Waals surface area contributed by atoms with Gasteiger partial charge in [0.15, 0.2) is 0 Å². The summed E-state index contributed by atoms with van der Waals surface area (Å²) in [6.07, 6.45) is 0.638. The number of aliphatic carboxylic acids is 1. The maximum atomic E-state index is 13.5. The van der Waals surface area contributed by atoms with Crippen molar-refractivity contribution < 1.29 is 18.3 Å². The van der Waals surface area contributed by atoms with Crippen LogP contribution < -0.4 is 0 Å². The molecule has 0 amide bonds. The van der Waals surface area contributed by atoms with E-state index in [9.17, 15) is 13.2 Å². The number of thiazole rings is 1. The van der Waals surface area contributed by atoms with Crippen molar-refractivity contribution in [2.24, 2.45) is 0 Å². The zero-order valence-corrected chi connectivity index (χ0v) is 16.6. The molecule has 0 saturated carbocycles. The fourth-order valence-electron chi connectivity index (χ4n) is 3.20. The second-order valence-corrected chi connectivity index (χ2v) is 9.16. The van der Waals surface area contributed by atoms with Gasteiger partial charge in [-0.15, -0.1) is 11.3 Å². The smallest absolute Gasteiger partial charge is 0.303 e. The molecule has 7 nitrogen and oxygen atoms in total. The lowest BCUT2D eigenvalue weighted by Gasteiger charge is -2.12. The summed E-state index contributed by atoms with van der Waals surface area (Å²) in [7, 11) is -3.88. The fraction of sp³-hybridized carbons (Fsp3) is 0.211. The van der Waals surface area contributed by atoms with E-state index in [2.05, 4.69) is 9.97 Å². The predicted octanol–water partition coefficient (Wildman–Crippen LogP) is 3.60. The molecule has 0 bridgehead atoms. The molecular weight excluding hydrogens is 398 g/mol. The molecular formula is C19H17N3O4S2. The minimum atomic E-state index is -3.88. The van der Waals surface area contributed by atoms with Gasteiger partial charge in [0.25, 0.3) is 10.0 Å². The van der Waals surface area contributed by atoms with Gasteiger partial charge in [-0.2, -0.15) is 0 Å². The Morgan fingerprint density at radius 1 is 1.18 bits per heavy atom. The number of carboxylic acids is 1. The first-order valence-electron chi connectivity index (χ1n) is 8.65. The van der Waals surface area contributed by atoms with Gasteiger partial charge in [-0.25, -0.2) is 17.4 Å². The molecule has 0 aliphatic rings. The standard InChI is InChI=1S/C19H17N3O4S2/c1-12-5-8-17-16(21-12)9-13(3-2-4-19(23)24)22(17)28(25,26)14-6-7-15-18(10-14)27-11-20-15/h5-11H,2-4H2,1H3,(H,23,24). The highest BCUT2D eigenvalue weighted by atomic mass is 32.2. The van der Waals surface area contributed by atoms with Crippen molar-refractivity contribution in [1.29, 1.82) is 0 Å². The number of pyridine rings is 1. The van der Waals surface area contributed by atoms with Crippen LogP contribution in [0.5, 0.6) is 0 Å². The van der Waals surface area contributed by atoms with E-state index in [0.717, 1.165) is 15.9 Å². The van der Waals surface area contributed by atoms with Crippen LogP contribution >= 0.6 is 11.3 Å².